The van der Waals surface area contributed by atoms with Crippen LogP contribution < -0.4 is 10.6 Å². The molecule has 0 saturated heterocycles. The molecule has 2 aromatic carbocycles. The minimum absolute atomic E-state index is 0.0826. The number of carbonyl (C=O) groups is 4. The Balaban J connectivity index is 1.27. The summed E-state index contributed by atoms with van der Waals surface area (Å²) >= 11 is 0. The molecule has 2 N–H and O–H groups in total. The first-order valence-corrected chi connectivity index (χ1v) is 13.1. The molecule has 1 atom stereocenters. The van der Waals surface area contributed by atoms with E-state index in [9.17, 15) is 19.2 Å². The van der Waals surface area contributed by atoms with Gasteiger partial charge in [-0.05, 0) is 53.1 Å². The molecular weight excluding hydrogens is 518 g/mol. The second-order valence-electron chi connectivity index (χ2n) is 9.39. The van der Waals surface area contributed by atoms with Gasteiger partial charge in [0.25, 0.3) is 5.91 Å². The maximum Gasteiger partial charge on any atom is 0.251 e. The third-order valence-corrected chi connectivity index (χ3v) is 6.38. The van der Waals surface area contributed by atoms with E-state index in [4.69, 9.17) is 0 Å². The molecule has 0 unspecified atom stereocenters. The van der Waals surface area contributed by atoms with E-state index in [1.807, 2.05) is 36.4 Å². The molecule has 4 rings (SSSR count). The van der Waals surface area contributed by atoms with Crippen molar-refractivity contribution in [2.24, 2.45) is 0 Å². The molecule has 1 aromatic heterocycles. The summed E-state index contributed by atoms with van der Waals surface area (Å²) in [5.74, 6) is -0.725. The number of carbonyl (C=O) groups excluding carboxylic acids is 4. The van der Waals surface area contributed by atoms with Gasteiger partial charge >= 0.3 is 0 Å². The number of aromatic nitrogens is 1. The van der Waals surface area contributed by atoms with Crippen LogP contribution in [-0.2, 0) is 25.6 Å². The van der Waals surface area contributed by atoms with Crippen molar-refractivity contribution in [2.75, 3.05) is 30.3 Å². The summed E-state index contributed by atoms with van der Waals surface area (Å²) in [5, 5.41) is 5.67. The zero-order valence-electron chi connectivity index (χ0n) is 22.5. The van der Waals surface area contributed by atoms with E-state index in [1.54, 1.807) is 67.0 Å². The van der Waals surface area contributed by atoms with Crippen LogP contribution in [0, 0.1) is 0 Å². The molecular formula is C32H31N5O4. The summed E-state index contributed by atoms with van der Waals surface area (Å²) in [7, 11) is 0. The van der Waals surface area contributed by atoms with Crippen molar-refractivity contribution in [3.05, 3.63) is 115 Å². The maximum absolute atomic E-state index is 12.7. The van der Waals surface area contributed by atoms with Gasteiger partial charge in [0.05, 0.1) is 6.42 Å². The van der Waals surface area contributed by atoms with Gasteiger partial charge in [-0.15, -0.1) is 6.58 Å². The SMILES string of the molecule is C=CCN(CC(=O)Nc1ccc(/C=C/c2ccc(NC(=O)[C@@H]3C=CCN3C=O)cc2)cc1)C(=O)Cc1ccncc1. The van der Waals surface area contributed by atoms with Crippen molar-refractivity contribution >= 4 is 47.7 Å². The summed E-state index contributed by atoms with van der Waals surface area (Å²) < 4.78 is 0. The molecule has 3 aromatic rings. The highest BCUT2D eigenvalue weighted by Gasteiger charge is 2.25. The van der Waals surface area contributed by atoms with Crippen LogP contribution >= 0.6 is 0 Å². The van der Waals surface area contributed by atoms with Gasteiger partial charge < -0.3 is 20.4 Å². The third-order valence-electron chi connectivity index (χ3n) is 6.38. The minimum Gasteiger partial charge on any atom is -0.329 e. The molecule has 9 heteroatoms. The molecule has 208 valence electrons. The quantitative estimate of drug-likeness (QED) is 0.203. The van der Waals surface area contributed by atoms with Crippen LogP contribution in [0.25, 0.3) is 12.2 Å². The molecule has 0 saturated carbocycles. The van der Waals surface area contributed by atoms with E-state index in [0.29, 0.717) is 24.3 Å². The fourth-order valence-corrected chi connectivity index (χ4v) is 4.22. The number of amides is 4. The minimum atomic E-state index is -0.592. The fraction of sp³-hybridized carbons (Fsp3) is 0.156. The van der Waals surface area contributed by atoms with Crippen molar-refractivity contribution < 1.29 is 19.2 Å². The van der Waals surface area contributed by atoms with Crippen LogP contribution in [0.15, 0.2) is 97.9 Å². The van der Waals surface area contributed by atoms with Gasteiger partial charge in [-0.3, -0.25) is 24.2 Å². The summed E-state index contributed by atoms with van der Waals surface area (Å²) in [6.45, 7) is 4.31. The molecule has 1 aliphatic rings. The fourth-order valence-electron chi connectivity index (χ4n) is 4.22. The third kappa shape index (κ3) is 8.34. The smallest absolute Gasteiger partial charge is 0.251 e. The van der Waals surface area contributed by atoms with E-state index >= 15 is 0 Å². The normalized spacial score (nSPS) is 14.0. The second-order valence-corrected chi connectivity index (χ2v) is 9.39. The van der Waals surface area contributed by atoms with E-state index in [-0.39, 0.29) is 37.2 Å². The van der Waals surface area contributed by atoms with Crippen LogP contribution in [0.4, 0.5) is 11.4 Å². The number of hydrogen-bond acceptors (Lipinski definition) is 5. The van der Waals surface area contributed by atoms with Gasteiger partial charge in [0.2, 0.25) is 18.2 Å². The van der Waals surface area contributed by atoms with Crippen LogP contribution in [0.3, 0.4) is 0 Å². The number of benzene rings is 2. The molecule has 41 heavy (non-hydrogen) atoms. The monoisotopic (exact) mass is 549 g/mol. The molecule has 0 radical (unpaired) electrons. The van der Waals surface area contributed by atoms with Crippen molar-refractivity contribution in [3.63, 3.8) is 0 Å². The van der Waals surface area contributed by atoms with Gasteiger partial charge in [-0.1, -0.05) is 54.6 Å². The van der Waals surface area contributed by atoms with E-state index in [1.165, 1.54) is 9.80 Å². The maximum atomic E-state index is 12.7. The standard InChI is InChI=1S/C32H31N5O4/c1-2-19-36(31(40)21-26-15-17-33-18-16-26)22-30(39)34-27-11-7-24(8-12-27)5-6-25-9-13-28(14-10-25)35-32(41)29-4-3-20-37(29)23-38/h2-18,23,29H,1,19-22H2,(H,34,39)(H,35,41)/b6-5+/t29-/m0/s1. The zero-order chi connectivity index (χ0) is 29.0. The lowest BCUT2D eigenvalue weighted by Gasteiger charge is -2.20. The Labute approximate surface area is 238 Å². The second kappa shape index (κ2) is 14.2. The first-order valence-electron chi connectivity index (χ1n) is 13.1. The van der Waals surface area contributed by atoms with Crippen LogP contribution in [-0.4, -0.2) is 64.6 Å². The highest BCUT2D eigenvalue weighted by molar-refractivity contribution is 5.98. The lowest BCUT2D eigenvalue weighted by Crippen LogP contribution is -2.39. The van der Waals surface area contributed by atoms with Gasteiger partial charge in [0, 0.05) is 36.9 Å². The molecule has 0 spiro atoms. The molecule has 0 fully saturated rings. The zero-order valence-corrected chi connectivity index (χ0v) is 22.5. The number of hydrogen-bond donors (Lipinski definition) is 2. The summed E-state index contributed by atoms with van der Waals surface area (Å²) in [6.07, 6.45) is 13.1. The highest BCUT2D eigenvalue weighted by atomic mass is 16.2. The van der Waals surface area contributed by atoms with Gasteiger partial charge in [0.15, 0.2) is 0 Å². The molecule has 9 nitrogen and oxygen atoms in total. The topological polar surface area (TPSA) is 112 Å². The average Bonchev–Trinajstić information content (AvgIpc) is 3.47. The number of nitrogens with one attached hydrogen (secondary N) is 2. The molecule has 1 aliphatic heterocycles. The molecule has 0 aliphatic carbocycles. The van der Waals surface area contributed by atoms with Crippen molar-refractivity contribution in [3.8, 4) is 0 Å². The Kier molecular flexibility index (Phi) is 9.92. The summed E-state index contributed by atoms with van der Waals surface area (Å²) in [5.41, 5.74) is 3.97. The van der Waals surface area contributed by atoms with Crippen LogP contribution in [0.2, 0.25) is 0 Å². The van der Waals surface area contributed by atoms with Crippen molar-refractivity contribution in [1.29, 1.82) is 0 Å². The number of nitrogens with zero attached hydrogens (tertiary/aromatic N) is 3. The van der Waals surface area contributed by atoms with Crippen molar-refractivity contribution in [1.82, 2.24) is 14.8 Å². The Bertz CT molecular complexity index is 1430. The largest absolute Gasteiger partial charge is 0.329 e. The molecule has 4 amide bonds. The Morgan fingerprint density at radius 2 is 1.54 bits per heavy atom. The summed E-state index contributed by atoms with van der Waals surface area (Å²) in [6, 6.07) is 17.7. The molecule has 2 heterocycles. The van der Waals surface area contributed by atoms with E-state index in [0.717, 1.165) is 16.7 Å². The lowest BCUT2D eigenvalue weighted by atomic mass is 10.1. The first kappa shape index (κ1) is 28.7. The van der Waals surface area contributed by atoms with E-state index in [2.05, 4.69) is 22.2 Å². The summed E-state index contributed by atoms with van der Waals surface area (Å²) in [4.78, 5) is 55.7. The predicted octanol–water partition coefficient (Wildman–Crippen LogP) is 3.78. The van der Waals surface area contributed by atoms with Crippen LogP contribution in [0.5, 0.6) is 0 Å². The Hall–Kier alpha value is -5.31. The number of rotatable bonds is 12. The predicted molar refractivity (Wildman–Crippen MR) is 159 cm³/mol. The van der Waals surface area contributed by atoms with Crippen LogP contribution in [0.1, 0.15) is 16.7 Å². The number of pyridine rings is 1. The Morgan fingerprint density at radius 1 is 0.927 bits per heavy atom. The van der Waals surface area contributed by atoms with Crippen molar-refractivity contribution in [2.45, 2.75) is 12.5 Å². The van der Waals surface area contributed by atoms with Gasteiger partial charge in [-0.2, -0.15) is 0 Å². The van der Waals surface area contributed by atoms with Gasteiger partial charge in [-0.25, -0.2) is 0 Å². The van der Waals surface area contributed by atoms with Gasteiger partial charge in [0.1, 0.15) is 12.6 Å². The molecule has 0 bridgehead atoms. The average molecular weight is 550 g/mol. The first-order chi connectivity index (χ1) is 19.9. The van der Waals surface area contributed by atoms with E-state index < -0.39 is 6.04 Å². The number of anilines is 2. The highest BCUT2D eigenvalue weighted by Crippen LogP contribution is 2.17. The Morgan fingerprint density at radius 3 is 2.12 bits per heavy atom. The lowest BCUT2D eigenvalue weighted by molar-refractivity contribution is -0.133.